The molecule has 0 spiro atoms. The van der Waals surface area contributed by atoms with E-state index in [9.17, 15) is 0 Å². The topological polar surface area (TPSA) is 31.4 Å². The van der Waals surface area contributed by atoms with E-state index in [2.05, 4.69) is 25.5 Å². The van der Waals surface area contributed by atoms with Crippen molar-refractivity contribution in [2.24, 2.45) is 0 Å². The van der Waals surface area contributed by atoms with Gasteiger partial charge in [0.05, 0.1) is 0 Å². The molecule has 1 aliphatic heterocycles. The Bertz CT molecular complexity index is 354. The van der Waals surface area contributed by atoms with Crippen LogP contribution in [-0.2, 0) is 0 Å². The number of nitrogens with one attached hydrogen (secondary N) is 1. The zero-order valence-corrected chi connectivity index (χ0v) is 12.4. The standard InChI is InChI=1S/C14H24N4S/c1-2-4-13(3-1)15-5-7-17-8-10-18(11-9-17)14-16-6-12-19-14/h6,12-13,15H,1-5,7-11H2. The molecule has 106 valence electrons. The highest BCUT2D eigenvalue weighted by Gasteiger charge is 2.19. The molecule has 2 heterocycles. The first-order valence-electron chi connectivity index (χ1n) is 7.52. The van der Waals surface area contributed by atoms with E-state index in [4.69, 9.17) is 0 Å². The Hall–Kier alpha value is -0.650. The third-order valence-corrected chi connectivity index (χ3v) is 5.11. The summed E-state index contributed by atoms with van der Waals surface area (Å²) < 4.78 is 0. The maximum atomic E-state index is 4.39. The van der Waals surface area contributed by atoms with Crippen molar-refractivity contribution in [3.8, 4) is 0 Å². The Morgan fingerprint density at radius 2 is 2.00 bits per heavy atom. The largest absolute Gasteiger partial charge is 0.346 e. The molecule has 1 aliphatic carbocycles. The number of hydrogen-bond acceptors (Lipinski definition) is 5. The van der Waals surface area contributed by atoms with Crippen molar-refractivity contribution in [1.29, 1.82) is 0 Å². The van der Waals surface area contributed by atoms with Crippen LogP contribution in [0.3, 0.4) is 0 Å². The summed E-state index contributed by atoms with van der Waals surface area (Å²) in [6, 6.07) is 0.802. The second-order valence-corrected chi connectivity index (χ2v) is 6.45. The van der Waals surface area contributed by atoms with Crippen LogP contribution in [0, 0.1) is 0 Å². The van der Waals surface area contributed by atoms with Gasteiger partial charge in [-0.05, 0) is 12.8 Å². The lowest BCUT2D eigenvalue weighted by Gasteiger charge is -2.34. The SMILES string of the molecule is c1csc(N2CCN(CCNC3CCCC3)CC2)n1. The van der Waals surface area contributed by atoms with Gasteiger partial charge in [-0.15, -0.1) is 11.3 Å². The monoisotopic (exact) mass is 280 g/mol. The van der Waals surface area contributed by atoms with Crippen molar-refractivity contribution < 1.29 is 0 Å². The first kappa shape index (κ1) is 13.3. The number of hydrogen-bond donors (Lipinski definition) is 1. The van der Waals surface area contributed by atoms with Crippen LogP contribution in [0.1, 0.15) is 25.7 Å². The van der Waals surface area contributed by atoms with Crippen LogP contribution in [0.15, 0.2) is 11.6 Å². The van der Waals surface area contributed by atoms with Gasteiger partial charge in [-0.25, -0.2) is 4.98 Å². The summed E-state index contributed by atoms with van der Waals surface area (Å²) >= 11 is 1.75. The van der Waals surface area contributed by atoms with Crippen molar-refractivity contribution in [3.63, 3.8) is 0 Å². The number of rotatable bonds is 5. The summed E-state index contributed by atoms with van der Waals surface area (Å²) in [6.07, 6.45) is 7.52. The van der Waals surface area contributed by atoms with Crippen LogP contribution in [0.4, 0.5) is 5.13 Å². The van der Waals surface area contributed by atoms with E-state index >= 15 is 0 Å². The second-order valence-electron chi connectivity index (χ2n) is 5.58. The number of piperazine rings is 1. The maximum Gasteiger partial charge on any atom is 0.185 e. The molecule has 0 bridgehead atoms. The average Bonchev–Trinajstić information content (AvgIpc) is 3.13. The summed E-state index contributed by atoms with van der Waals surface area (Å²) in [7, 11) is 0. The van der Waals surface area contributed by atoms with Gasteiger partial charge >= 0.3 is 0 Å². The molecule has 0 radical (unpaired) electrons. The van der Waals surface area contributed by atoms with Crippen LogP contribution < -0.4 is 10.2 Å². The summed E-state index contributed by atoms with van der Waals surface area (Å²) in [5.41, 5.74) is 0. The Kier molecular flexibility index (Phi) is 4.69. The van der Waals surface area contributed by atoms with E-state index in [1.165, 1.54) is 50.4 Å². The first-order chi connectivity index (χ1) is 9.42. The van der Waals surface area contributed by atoms with Gasteiger partial charge in [-0.3, -0.25) is 4.90 Å². The smallest absolute Gasteiger partial charge is 0.185 e. The molecule has 0 unspecified atom stereocenters. The highest BCUT2D eigenvalue weighted by molar-refractivity contribution is 7.13. The third-order valence-electron chi connectivity index (χ3n) is 4.28. The number of aromatic nitrogens is 1. The van der Waals surface area contributed by atoms with Gasteiger partial charge in [0, 0.05) is 56.9 Å². The van der Waals surface area contributed by atoms with E-state index in [1.807, 2.05) is 6.20 Å². The molecule has 1 aromatic heterocycles. The molecule has 19 heavy (non-hydrogen) atoms. The molecule has 2 fully saturated rings. The fraction of sp³-hybridized carbons (Fsp3) is 0.786. The van der Waals surface area contributed by atoms with E-state index in [0.29, 0.717) is 0 Å². The molecule has 1 saturated heterocycles. The number of anilines is 1. The summed E-state index contributed by atoms with van der Waals surface area (Å²) in [5.74, 6) is 0. The molecular weight excluding hydrogens is 256 g/mol. The second kappa shape index (κ2) is 6.68. The van der Waals surface area contributed by atoms with E-state index < -0.39 is 0 Å². The molecule has 3 rings (SSSR count). The van der Waals surface area contributed by atoms with Crippen molar-refractivity contribution in [1.82, 2.24) is 15.2 Å². The number of nitrogens with zero attached hydrogens (tertiary/aromatic N) is 3. The van der Waals surface area contributed by atoms with Crippen molar-refractivity contribution >= 4 is 16.5 Å². The molecule has 1 saturated carbocycles. The van der Waals surface area contributed by atoms with Crippen LogP contribution in [-0.4, -0.2) is 55.2 Å². The zero-order valence-electron chi connectivity index (χ0n) is 11.6. The van der Waals surface area contributed by atoms with Gasteiger partial charge < -0.3 is 10.2 Å². The molecule has 0 amide bonds. The summed E-state index contributed by atoms with van der Waals surface area (Å²) in [6.45, 7) is 6.94. The van der Waals surface area contributed by atoms with Crippen LogP contribution in [0.5, 0.6) is 0 Å². The van der Waals surface area contributed by atoms with E-state index in [-0.39, 0.29) is 0 Å². The maximum absolute atomic E-state index is 4.39. The highest BCUT2D eigenvalue weighted by atomic mass is 32.1. The van der Waals surface area contributed by atoms with Crippen molar-refractivity contribution in [2.75, 3.05) is 44.2 Å². The Balaban J connectivity index is 1.34. The third kappa shape index (κ3) is 3.68. The quantitative estimate of drug-likeness (QED) is 0.891. The lowest BCUT2D eigenvalue weighted by atomic mass is 10.2. The highest BCUT2D eigenvalue weighted by Crippen LogP contribution is 2.19. The van der Waals surface area contributed by atoms with Gasteiger partial charge in [-0.2, -0.15) is 0 Å². The van der Waals surface area contributed by atoms with Crippen molar-refractivity contribution in [3.05, 3.63) is 11.6 Å². The predicted octanol–water partition coefficient (Wildman–Crippen LogP) is 1.80. The predicted molar refractivity (Wildman–Crippen MR) is 81.0 cm³/mol. The summed E-state index contributed by atoms with van der Waals surface area (Å²) in [4.78, 5) is 9.38. The van der Waals surface area contributed by atoms with E-state index in [1.54, 1.807) is 11.3 Å². The molecule has 0 aromatic carbocycles. The van der Waals surface area contributed by atoms with Gasteiger partial charge in [0.2, 0.25) is 0 Å². The fourth-order valence-corrected chi connectivity index (χ4v) is 3.79. The molecule has 2 aliphatic rings. The summed E-state index contributed by atoms with van der Waals surface area (Å²) in [5, 5.41) is 6.95. The molecule has 5 heteroatoms. The molecule has 4 nitrogen and oxygen atoms in total. The normalized spacial score (nSPS) is 22.2. The van der Waals surface area contributed by atoms with Gasteiger partial charge in [-0.1, -0.05) is 12.8 Å². The molecular formula is C14H24N4S. The molecule has 0 atom stereocenters. The zero-order chi connectivity index (χ0) is 12.9. The average molecular weight is 280 g/mol. The fourth-order valence-electron chi connectivity index (χ4n) is 3.09. The minimum atomic E-state index is 0.802. The first-order valence-corrected chi connectivity index (χ1v) is 8.40. The minimum Gasteiger partial charge on any atom is -0.346 e. The van der Waals surface area contributed by atoms with Crippen LogP contribution in [0.25, 0.3) is 0 Å². The van der Waals surface area contributed by atoms with Crippen LogP contribution in [0.2, 0.25) is 0 Å². The Morgan fingerprint density at radius 1 is 1.21 bits per heavy atom. The van der Waals surface area contributed by atoms with Crippen molar-refractivity contribution in [2.45, 2.75) is 31.7 Å². The minimum absolute atomic E-state index is 0.802. The molecule has 1 aromatic rings. The van der Waals surface area contributed by atoms with Gasteiger partial charge in [0.25, 0.3) is 0 Å². The Labute approximate surface area is 119 Å². The lowest BCUT2D eigenvalue weighted by molar-refractivity contribution is 0.254. The molecule has 1 N–H and O–H groups in total. The van der Waals surface area contributed by atoms with Gasteiger partial charge in [0.15, 0.2) is 5.13 Å². The van der Waals surface area contributed by atoms with Gasteiger partial charge in [0.1, 0.15) is 0 Å². The van der Waals surface area contributed by atoms with Crippen LogP contribution >= 0.6 is 11.3 Å². The lowest BCUT2D eigenvalue weighted by Crippen LogP contribution is -2.48. The number of thiazole rings is 1. The Morgan fingerprint density at radius 3 is 2.68 bits per heavy atom. The van der Waals surface area contributed by atoms with E-state index in [0.717, 1.165) is 25.7 Å².